The number of aromatic nitrogens is 1. The molecule has 1 fully saturated rings. The van der Waals surface area contributed by atoms with E-state index in [-0.39, 0.29) is 24.3 Å². The van der Waals surface area contributed by atoms with E-state index in [0.29, 0.717) is 48.9 Å². The summed E-state index contributed by atoms with van der Waals surface area (Å²) in [4.78, 5) is 57.5. The first-order chi connectivity index (χ1) is 20.3. The van der Waals surface area contributed by atoms with Gasteiger partial charge in [-0.05, 0) is 47.5 Å². The molecule has 0 spiro atoms. The lowest BCUT2D eigenvalue weighted by atomic mass is 10.0. The molecule has 3 aromatic rings. The molecule has 2 aromatic carbocycles. The fourth-order valence-electron chi connectivity index (χ4n) is 4.69. The van der Waals surface area contributed by atoms with Crippen molar-refractivity contribution in [3.05, 3.63) is 83.7 Å². The molecule has 1 aliphatic rings. The Balaban J connectivity index is 1.57. The predicted molar refractivity (Wildman–Crippen MR) is 155 cm³/mol. The van der Waals surface area contributed by atoms with Crippen molar-refractivity contribution in [1.29, 1.82) is 0 Å². The van der Waals surface area contributed by atoms with E-state index in [4.69, 9.17) is 9.47 Å². The molecule has 0 aliphatic carbocycles. The number of amides is 3. The van der Waals surface area contributed by atoms with E-state index in [0.717, 1.165) is 5.56 Å². The Kier molecular flexibility index (Phi) is 9.93. The van der Waals surface area contributed by atoms with Gasteiger partial charge in [0.1, 0.15) is 5.75 Å². The van der Waals surface area contributed by atoms with Crippen LogP contribution in [0.4, 0.5) is 16.2 Å². The monoisotopic (exact) mass is 575 g/mol. The molecular weight excluding hydrogens is 542 g/mol. The highest BCUT2D eigenvalue weighted by molar-refractivity contribution is 6.00. The highest BCUT2D eigenvalue weighted by Crippen LogP contribution is 2.29. The molecule has 1 saturated heterocycles. The summed E-state index contributed by atoms with van der Waals surface area (Å²) in [6.07, 6.45) is 2.44. The van der Waals surface area contributed by atoms with Crippen LogP contribution in [0.3, 0.4) is 0 Å². The van der Waals surface area contributed by atoms with Crippen LogP contribution in [-0.4, -0.2) is 79.3 Å². The number of methoxy groups -OCH3 is 2. The van der Waals surface area contributed by atoms with Crippen molar-refractivity contribution in [3.8, 4) is 5.75 Å². The quantitative estimate of drug-likeness (QED) is 0.331. The molecule has 42 heavy (non-hydrogen) atoms. The van der Waals surface area contributed by atoms with Gasteiger partial charge in [-0.2, -0.15) is 0 Å². The molecule has 12 heteroatoms. The summed E-state index contributed by atoms with van der Waals surface area (Å²) >= 11 is 0. The minimum Gasteiger partial charge on any atom is -0.497 e. The first-order valence-corrected chi connectivity index (χ1v) is 13.3. The van der Waals surface area contributed by atoms with Gasteiger partial charge in [0.15, 0.2) is 0 Å². The largest absolute Gasteiger partial charge is 0.497 e. The maximum atomic E-state index is 13.3. The van der Waals surface area contributed by atoms with Gasteiger partial charge in [-0.3, -0.25) is 19.4 Å². The second kappa shape index (κ2) is 14.0. The fraction of sp³-hybridized carbons (Fsp3) is 0.300. The molecule has 3 amide bonds. The van der Waals surface area contributed by atoms with Crippen LogP contribution >= 0.6 is 0 Å². The fourth-order valence-corrected chi connectivity index (χ4v) is 4.69. The number of ether oxygens (including phenoxy) is 2. The van der Waals surface area contributed by atoms with Gasteiger partial charge in [0.05, 0.1) is 44.5 Å². The first-order valence-electron chi connectivity index (χ1n) is 13.3. The van der Waals surface area contributed by atoms with Crippen molar-refractivity contribution in [3.63, 3.8) is 0 Å². The molecule has 12 nitrogen and oxygen atoms in total. The average molecular weight is 576 g/mol. The number of nitrogens with one attached hydrogen (secondary N) is 2. The molecule has 1 unspecified atom stereocenters. The van der Waals surface area contributed by atoms with Crippen molar-refractivity contribution in [2.45, 2.75) is 18.9 Å². The van der Waals surface area contributed by atoms with E-state index in [1.807, 2.05) is 4.90 Å². The van der Waals surface area contributed by atoms with Crippen molar-refractivity contribution in [1.82, 2.24) is 15.2 Å². The standard InChI is InChI=1S/C30H33N5O7/c1-41-23-8-5-20(6-9-23)16-27(36)32-25-17-21(7-10-26(25)34-12-14-35(15-13-34)30(40)42-2)29(39)33-24(18-28(37)38)22-4-3-11-31-19-22/h3-11,17,19,24H,12-16,18H2,1-2H3,(H,32,36)(H,33,39)(H,37,38). The summed E-state index contributed by atoms with van der Waals surface area (Å²) in [7, 11) is 2.91. The number of hydrogen-bond donors (Lipinski definition) is 3. The molecule has 0 saturated carbocycles. The van der Waals surface area contributed by atoms with Crippen LogP contribution in [0.2, 0.25) is 0 Å². The Labute approximate surface area is 243 Å². The van der Waals surface area contributed by atoms with Crippen LogP contribution < -0.4 is 20.3 Å². The van der Waals surface area contributed by atoms with Gasteiger partial charge >= 0.3 is 12.1 Å². The number of carboxylic acids is 1. The highest BCUT2D eigenvalue weighted by Gasteiger charge is 2.25. The molecular formula is C30H33N5O7. The van der Waals surface area contributed by atoms with Gasteiger partial charge in [-0.25, -0.2) is 4.79 Å². The first kappa shape index (κ1) is 29.8. The van der Waals surface area contributed by atoms with E-state index >= 15 is 0 Å². The van der Waals surface area contributed by atoms with Gasteiger partial charge in [-0.1, -0.05) is 18.2 Å². The number of aliphatic carboxylic acids is 1. The second-order valence-electron chi connectivity index (χ2n) is 9.66. The predicted octanol–water partition coefficient (Wildman–Crippen LogP) is 3.11. The van der Waals surface area contributed by atoms with Gasteiger partial charge < -0.3 is 35.0 Å². The number of hydrogen-bond acceptors (Lipinski definition) is 8. The number of carbonyl (C=O) groups excluding carboxylic acids is 3. The zero-order valence-electron chi connectivity index (χ0n) is 23.4. The lowest BCUT2D eigenvalue weighted by Crippen LogP contribution is -2.49. The number of anilines is 2. The minimum absolute atomic E-state index is 0.0949. The second-order valence-corrected chi connectivity index (χ2v) is 9.66. The van der Waals surface area contributed by atoms with Crippen molar-refractivity contribution >= 4 is 35.3 Å². The number of pyridine rings is 1. The number of carboxylic acid groups (broad SMARTS) is 1. The van der Waals surface area contributed by atoms with Gasteiger partial charge in [0, 0.05) is 44.1 Å². The van der Waals surface area contributed by atoms with Gasteiger partial charge in [-0.15, -0.1) is 0 Å². The minimum atomic E-state index is -1.07. The van der Waals surface area contributed by atoms with E-state index < -0.39 is 24.0 Å². The van der Waals surface area contributed by atoms with E-state index in [9.17, 15) is 24.3 Å². The lowest BCUT2D eigenvalue weighted by molar-refractivity contribution is -0.137. The summed E-state index contributed by atoms with van der Waals surface area (Å²) < 4.78 is 10.0. The van der Waals surface area contributed by atoms with Crippen LogP contribution in [0.15, 0.2) is 67.0 Å². The third kappa shape index (κ3) is 7.74. The maximum absolute atomic E-state index is 13.3. The summed E-state index contributed by atoms with van der Waals surface area (Å²) in [5, 5.41) is 15.1. The molecule has 4 rings (SSSR count). The molecule has 1 aliphatic heterocycles. The summed E-state index contributed by atoms with van der Waals surface area (Å²) in [6.45, 7) is 1.83. The van der Waals surface area contributed by atoms with Gasteiger partial charge in [0.25, 0.3) is 5.91 Å². The SMILES string of the molecule is COC(=O)N1CCN(c2ccc(C(=O)NC(CC(=O)O)c3cccnc3)cc2NC(=O)Cc2ccc(OC)cc2)CC1. The van der Waals surface area contributed by atoms with Gasteiger partial charge in [0.2, 0.25) is 5.91 Å². The summed E-state index contributed by atoms with van der Waals surface area (Å²) in [5.74, 6) is -1.18. The number of carbonyl (C=O) groups is 4. The molecule has 220 valence electrons. The van der Waals surface area contributed by atoms with E-state index in [1.165, 1.54) is 13.3 Å². The Hall–Kier alpha value is -5.13. The zero-order chi connectivity index (χ0) is 30.1. The Bertz CT molecular complexity index is 1410. The van der Waals surface area contributed by atoms with Crippen molar-refractivity contribution < 1.29 is 33.8 Å². The van der Waals surface area contributed by atoms with Crippen LogP contribution in [0, 0.1) is 0 Å². The third-order valence-electron chi connectivity index (χ3n) is 6.88. The number of piperazine rings is 1. The lowest BCUT2D eigenvalue weighted by Gasteiger charge is -2.36. The molecule has 0 radical (unpaired) electrons. The van der Waals surface area contributed by atoms with Crippen LogP contribution in [0.1, 0.15) is 33.9 Å². The highest BCUT2D eigenvalue weighted by atomic mass is 16.5. The molecule has 2 heterocycles. The average Bonchev–Trinajstić information content (AvgIpc) is 3.01. The molecule has 3 N–H and O–H groups in total. The summed E-state index contributed by atoms with van der Waals surface area (Å²) in [6, 6.07) is 14.6. The molecule has 1 atom stereocenters. The third-order valence-corrected chi connectivity index (χ3v) is 6.88. The van der Waals surface area contributed by atoms with Crippen LogP contribution in [0.25, 0.3) is 0 Å². The Morgan fingerprint density at radius 2 is 1.74 bits per heavy atom. The molecule has 0 bridgehead atoms. The smallest absolute Gasteiger partial charge is 0.409 e. The summed E-state index contributed by atoms with van der Waals surface area (Å²) in [5.41, 5.74) is 2.69. The van der Waals surface area contributed by atoms with E-state index in [1.54, 1.807) is 72.8 Å². The van der Waals surface area contributed by atoms with Crippen LogP contribution in [0.5, 0.6) is 5.75 Å². The van der Waals surface area contributed by atoms with E-state index in [2.05, 4.69) is 15.6 Å². The van der Waals surface area contributed by atoms with Crippen molar-refractivity contribution in [2.75, 3.05) is 50.6 Å². The Morgan fingerprint density at radius 3 is 2.36 bits per heavy atom. The number of benzene rings is 2. The number of rotatable bonds is 10. The zero-order valence-corrected chi connectivity index (χ0v) is 23.4. The maximum Gasteiger partial charge on any atom is 0.409 e. The van der Waals surface area contributed by atoms with Crippen molar-refractivity contribution in [2.24, 2.45) is 0 Å². The number of nitrogens with zero attached hydrogens (tertiary/aromatic N) is 3. The molecule has 1 aromatic heterocycles. The Morgan fingerprint density at radius 1 is 1.00 bits per heavy atom. The normalized spacial score (nSPS) is 13.6. The van der Waals surface area contributed by atoms with Crippen LogP contribution in [-0.2, 0) is 20.7 Å². The topological polar surface area (TPSA) is 150 Å².